The lowest BCUT2D eigenvalue weighted by Gasteiger charge is -2.28. The molecular weight excluding hydrogens is 498 g/mol. The van der Waals surface area contributed by atoms with Crippen LogP contribution in [0.1, 0.15) is 12.0 Å². The fourth-order valence-corrected chi connectivity index (χ4v) is 5.24. The Bertz CT molecular complexity index is 1200. The van der Waals surface area contributed by atoms with Gasteiger partial charge in [-0.25, -0.2) is 4.99 Å². The van der Waals surface area contributed by atoms with Crippen LogP contribution in [0, 0.1) is 17.0 Å². The highest BCUT2D eigenvalue weighted by Crippen LogP contribution is 2.34. The van der Waals surface area contributed by atoms with Crippen molar-refractivity contribution in [1.82, 2.24) is 9.80 Å². The topological polar surface area (TPSA) is 127 Å². The SMILES string of the molecule is COc1ccc([N+](=O)[O-])cc1NC(=O)CC1SC(=Nc2ccccc2C)N(CCN2CCOCC2)C1=O. The molecule has 2 saturated heterocycles. The quantitative estimate of drug-likeness (QED) is 0.389. The number of nitro groups is 1. The molecule has 2 aromatic carbocycles. The normalized spacial score (nSPS) is 19.3. The van der Waals surface area contributed by atoms with E-state index < -0.39 is 16.1 Å². The number of nitro benzene ring substituents is 1. The van der Waals surface area contributed by atoms with Gasteiger partial charge in [0, 0.05) is 44.7 Å². The molecule has 2 fully saturated rings. The number of nitrogens with zero attached hydrogens (tertiary/aromatic N) is 4. The lowest BCUT2D eigenvalue weighted by atomic mass is 10.2. The Balaban J connectivity index is 1.50. The maximum Gasteiger partial charge on any atom is 0.271 e. The maximum atomic E-state index is 13.4. The molecule has 12 heteroatoms. The number of nitrogens with one attached hydrogen (secondary N) is 1. The predicted molar refractivity (Wildman–Crippen MR) is 142 cm³/mol. The average molecular weight is 528 g/mol. The molecule has 0 saturated carbocycles. The van der Waals surface area contributed by atoms with Crippen LogP contribution in [0.15, 0.2) is 47.5 Å². The third-order valence-electron chi connectivity index (χ3n) is 6.13. The van der Waals surface area contributed by atoms with Crippen LogP contribution in [0.3, 0.4) is 0 Å². The zero-order valence-corrected chi connectivity index (χ0v) is 21.5. The lowest BCUT2D eigenvalue weighted by Crippen LogP contribution is -2.43. The standard InChI is InChI=1S/C25H29N5O6S/c1-17-5-3-4-6-19(17)27-25-29(10-9-28-11-13-36-14-12-28)24(32)22(37-25)16-23(31)26-20-15-18(30(33)34)7-8-21(20)35-2/h3-8,15,22H,9-14,16H2,1-2H3,(H,26,31). The zero-order valence-electron chi connectivity index (χ0n) is 20.7. The summed E-state index contributed by atoms with van der Waals surface area (Å²) < 4.78 is 10.6. The number of amides is 2. The number of hydrogen-bond donors (Lipinski definition) is 1. The third-order valence-corrected chi connectivity index (χ3v) is 7.31. The molecule has 0 radical (unpaired) electrons. The summed E-state index contributed by atoms with van der Waals surface area (Å²) in [6.45, 7) is 6.01. The van der Waals surface area contributed by atoms with Crippen molar-refractivity contribution in [3.8, 4) is 5.75 Å². The molecule has 2 aliphatic heterocycles. The largest absolute Gasteiger partial charge is 0.495 e. The van der Waals surface area contributed by atoms with E-state index in [0.29, 0.717) is 37.2 Å². The molecule has 0 bridgehead atoms. The Morgan fingerprint density at radius 3 is 2.70 bits per heavy atom. The monoisotopic (exact) mass is 527 g/mol. The van der Waals surface area contributed by atoms with E-state index in [-0.39, 0.29) is 23.7 Å². The second-order valence-electron chi connectivity index (χ2n) is 8.63. The number of non-ortho nitro benzene ring substituents is 1. The number of amidine groups is 1. The van der Waals surface area contributed by atoms with Crippen LogP contribution in [0.25, 0.3) is 0 Å². The van der Waals surface area contributed by atoms with Crippen molar-refractivity contribution in [2.75, 3.05) is 51.8 Å². The van der Waals surface area contributed by atoms with E-state index in [1.807, 2.05) is 31.2 Å². The van der Waals surface area contributed by atoms with Gasteiger partial charge in [-0.05, 0) is 24.6 Å². The number of ether oxygens (including phenoxy) is 2. The summed E-state index contributed by atoms with van der Waals surface area (Å²) in [7, 11) is 1.41. The lowest BCUT2D eigenvalue weighted by molar-refractivity contribution is -0.384. The molecule has 2 amide bonds. The van der Waals surface area contributed by atoms with Crippen molar-refractivity contribution in [1.29, 1.82) is 0 Å². The van der Waals surface area contributed by atoms with Crippen LogP contribution in [-0.4, -0.2) is 83.5 Å². The van der Waals surface area contributed by atoms with Crippen LogP contribution in [0.4, 0.5) is 17.1 Å². The first-order chi connectivity index (χ1) is 17.9. The van der Waals surface area contributed by atoms with E-state index in [2.05, 4.69) is 10.2 Å². The number of aryl methyl sites for hydroxylation is 1. The predicted octanol–water partition coefficient (Wildman–Crippen LogP) is 3.20. The average Bonchev–Trinajstić information content (AvgIpc) is 3.17. The molecule has 37 heavy (non-hydrogen) atoms. The number of benzene rings is 2. The number of morpholine rings is 1. The minimum absolute atomic E-state index is 0.115. The van der Waals surface area contributed by atoms with Gasteiger partial charge in [0.15, 0.2) is 5.17 Å². The van der Waals surface area contributed by atoms with E-state index in [9.17, 15) is 19.7 Å². The van der Waals surface area contributed by atoms with Crippen molar-refractivity contribution < 1.29 is 24.0 Å². The van der Waals surface area contributed by atoms with Gasteiger partial charge in [-0.3, -0.25) is 29.5 Å². The summed E-state index contributed by atoms with van der Waals surface area (Å²) >= 11 is 1.26. The Morgan fingerprint density at radius 2 is 2.00 bits per heavy atom. The second-order valence-corrected chi connectivity index (χ2v) is 9.80. The van der Waals surface area contributed by atoms with E-state index in [0.717, 1.165) is 24.3 Å². The molecule has 2 heterocycles. The van der Waals surface area contributed by atoms with Gasteiger partial charge in [0.2, 0.25) is 11.8 Å². The minimum Gasteiger partial charge on any atom is -0.495 e. The van der Waals surface area contributed by atoms with Crippen LogP contribution >= 0.6 is 11.8 Å². The molecule has 11 nitrogen and oxygen atoms in total. The Labute approximate surface area is 219 Å². The highest BCUT2D eigenvalue weighted by molar-refractivity contribution is 8.15. The molecule has 1 unspecified atom stereocenters. The fourth-order valence-electron chi connectivity index (χ4n) is 4.07. The van der Waals surface area contributed by atoms with Crippen molar-refractivity contribution in [2.45, 2.75) is 18.6 Å². The highest BCUT2D eigenvalue weighted by atomic mass is 32.2. The molecule has 1 atom stereocenters. The number of rotatable bonds is 9. The van der Waals surface area contributed by atoms with Gasteiger partial charge >= 0.3 is 0 Å². The Hall–Kier alpha value is -3.48. The van der Waals surface area contributed by atoms with Crippen molar-refractivity contribution in [2.24, 2.45) is 4.99 Å². The van der Waals surface area contributed by atoms with Crippen LogP contribution in [0.5, 0.6) is 5.75 Å². The van der Waals surface area contributed by atoms with Gasteiger partial charge in [-0.1, -0.05) is 30.0 Å². The van der Waals surface area contributed by atoms with Crippen molar-refractivity contribution >= 4 is 45.8 Å². The molecule has 1 N–H and O–H groups in total. The van der Waals surface area contributed by atoms with Gasteiger partial charge in [-0.2, -0.15) is 0 Å². The van der Waals surface area contributed by atoms with Gasteiger partial charge in [0.25, 0.3) is 5.69 Å². The molecule has 0 aliphatic carbocycles. The van der Waals surface area contributed by atoms with Crippen molar-refractivity contribution in [3.63, 3.8) is 0 Å². The van der Waals surface area contributed by atoms with Gasteiger partial charge in [-0.15, -0.1) is 0 Å². The maximum absolute atomic E-state index is 13.4. The molecule has 4 rings (SSSR count). The van der Waals surface area contributed by atoms with Crippen LogP contribution in [0.2, 0.25) is 0 Å². The molecule has 2 aromatic rings. The first kappa shape index (κ1) is 26.6. The molecule has 2 aliphatic rings. The molecular formula is C25H29N5O6S. The first-order valence-electron chi connectivity index (χ1n) is 11.9. The van der Waals surface area contributed by atoms with Crippen LogP contribution in [-0.2, 0) is 14.3 Å². The number of para-hydroxylation sites is 1. The van der Waals surface area contributed by atoms with Crippen LogP contribution < -0.4 is 10.1 Å². The Kier molecular flexibility index (Phi) is 8.74. The zero-order chi connectivity index (χ0) is 26.4. The first-order valence-corrected chi connectivity index (χ1v) is 12.8. The number of carbonyl (C=O) groups is 2. The fraction of sp³-hybridized carbons (Fsp3) is 0.400. The minimum atomic E-state index is -0.669. The summed E-state index contributed by atoms with van der Waals surface area (Å²) in [5.74, 6) is -0.347. The summed E-state index contributed by atoms with van der Waals surface area (Å²) in [5.41, 5.74) is 1.75. The van der Waals surface area contributed by atoms with Gasteiger partial charge in [0.05, 0.1) is 36.6 Å². The van der Waals surface area contributed by atoms with E-state index in [1.165, 1.54) is 37.1 Å². The number of aliphatic imine (C=N–C) groups is 1. The van der Waals surface area contributed by atoms with Gasteiger partial charge in [0.1, 0.15) is 11.0 Å². The smallest absolute Gasteiger partial charge is 0.271 e. The van der Waals surface area contributed by atoms with Crippen molar-refractivity contribution in [3.05, 3.63) is 58.1 Å². The van der Waals surface area contributed by atoms with E-state index in [4.69, 9.17) is 14.5 Å². The van der Waals surface area contributed by atoms with E-state index in [1.54, 1.807) is 4.90 Å². The summed E-state index contributed by atoms with van der Waals surface area (Å²) in [6.07, 6.45) is -0.115. The molecule has 0 aromatic heterocycles. The molecule has 196 valence electrons. The number of methoxy groups -OCH3 is 1. The van der Waals surface area contributed by atoms with Gasteiger partial charge < -0.3 is 14.8 Å². The second kappa shape index (κ2) is 12.2. The Morgan fingerprint density at radius 1 is 1.24 bits per heavy atom. The molecule has 0 spiro atoms. The highest BCUT2D eigenvalue weighted by Gasteiger charge is 2.39. The third kappa shape index (κ3) is 6.64. The number of hydrogen-bond acceptors (Lipinski definition) is 9. The summed E-state index contributed by atoms with van der Waals surface area (Å²) in [6, 6.07) is 11.6. The van der Waals surface area contributed by atoms with E-state index >= 15 is 0 Å². The summed E-state index contributed by atoms with van der Waals surface area (Å²) in [5, 5.41) is 13.7. The summed E-state index contributed by atoms with van der Waals surface area (Å²) in [4.78, 5) is 45.6. The number of thioether (sulfide) groups is 1. The number of anilines is 1. The number of carbonyl (C=O) groups excluding carboxylic acids is 2.